The van der Waals surface area contributed by atoms with Gasteiger partial charge in [0.15, 0.2) is 8.46 Å². The molecule has 2 aliphatic rings. The average Bonchev–Trinajstić information content (AvgIpc) is 3.69. The standard InChI is InChI=1S/C25H27O5P/c1-3-5-17-11-19(7-9-23(17)29-15-21-13-27-21)25(31-26)20-8-10-24(18(12-20)6-4-2)30-16-22-14-28-22/h3-4,7-12,21-22,25H,1-2,5-6,13-16H2. The van der Waals surface area contributed by atoms with Crippen LogP contribution >= 0.6 is 8.46 Å². The summed E-state index contributed by atoms with van der Waals surface area (Å²) in [5, 5.41) is 0. The first-order chi connectivity index (χ1) is 15.2. The predicted octanol–water partition coefficient (Wildman–Crippen LogP) is 5.08. The molecule has 2 unspecified atom stereocenters. The fourth-order valence-electron chi connectivity index (χ4n) is 3.46. The van der Waals surface area contributed by atoms with Gasteiger partial charge >= 0.3 is 0 Å². The monoisotopic (exact) mass is 438 g/mol. The molecule has 2 aromatic rings. The van der Waals surface area contributed by atoms with E-state index < -0.39 is 0 Å². The Hall–Kier alpha value is -2.46. The normalized spacial score (nSPS) is 20.1. The first kappa shape index (κ1) is 21.8. The van der Waals surface area contributed by atoms with Crippen molar-refractivity contribution in [2.45, 2.75) is 30.7 Å². The summed E-state index contributed by atoms with van der Waals surface area (Å²) in [7, 11) is 0.0297. The van der Waals surface area contributed by atoms with Crippen LogP contribution in [0.3, 0.4) is 0 Å². The van der Waals surface area contributed by atoms with Crippen LogP contribution in [-0.4, -0.2) is 38.6 Å². The number of epoxide rings is 2. The quantitative estimate of drug-likeness (QED) is 0.248. The Labute approximate surface area is 184 Å². The van der Waals surface area contributed by atoms with E-state index in [-0.39, 0.29) is 26.3 Å². The topological polar surface area (TPSA) is 60.6 Å². The molecule has 2 saturated heterocycles. The van der Waals surface area contributed by atoms with Crippen LogP contribution in [0.25, 0.3) is 0 Å². The zero-order valence-electron chi connectivity index (χ0n) is 17.5. The Morgan fingerprint density at radius 3 is 1.71 bits per heavy atom. The summed E-state index contributed by atoms with van der Waals surface area (Å²) >= 11 is 0. The second-order valence-corrected chi connectivity index (χ2v) is 8.49. The zero-order chi connectivity index (χ0) is 21.6. The Kier molecular flexibility index (Phi) is 7.18. The van der Waals surface area contributed by atoms with E-state index >= 15 is 0 Å². The van der Waals surface area contributed by atoms with Gasteiger partial charge in [-0.15, -0.1) is 13.2 Å². The molecule has 0 saturated carbocycles. The van der Waals surface area contributed by atoms with Gasteiger partial charge in [-0.3, -0.25) is 4.57 Å². The first-order valence-electron chi connectivity index (χ1n) is 10.5. The number of hydrogen-bond acceptors (Lipinski definition) is 5. The van der Waals surface area contributed by atoms with Gasteiger partial charge < -0.3 is 18.9 Å². The smallest absolute Gasteiger partial charge is 0.168 e. The Morgan fingerprint density at radius 1 is 0.903 bits per heavy atom. The highest BCUT2D eigenvalue weighted by Gasteiger charge is 2.25. The van der Waals surface area contributed by atoms with Crippen LogP contribution in [0.4, 0.5) is 0 Å². The van der Waals surface area contributed by atoms with Crippen molar-refractivity contribution in [3.05, 3.63) is 84.0 Å². The Morgan fingerprint density at radius 2 is 1.35 bits per heavy atom. The SMILES string of the molecule is C=CCc1cc(C(P=O)c2ccc(OCC3CO3)c(CC=C)c2)ccc1OCC1CO1. The third kappa shape index (κ3) is 5.82. The molecule has 2 atom stereocenters. The second kappa shape index (κ2) is 10.2. The van der Waals surface area contributed by atoms with E-state index in [4.69, 9.17) is 18.9 Å². The largest absolute Gasteiger partial charge is 0.490 e. The molecule has 5 nitrogen and oxygen atoms in total. The molecule has 4 rings (SSSR count). The van der Waals surface area contributed by atoms with Gasteiger partial charge in [0.05, 0.1) is 18.9 Å². The number of rotatable bonds is 13. The minimum Gasteiger partial charge on any atom is -0.490 e. The fourth-order valence-corrected chi connectivity index (χ4v) is 4.02. The first-order valence-corrected chi connectivity index (χ1v) is 11.4. The van der Waals surface area contributed by atoms with Gasteiger partial charge in [-0.2, -0.15) is 0 Å². The minimum atomic E-state index is -0.284. The van der Waals surface area contributed by atoms with Crippen molar-refractivity contribution < 1.29 is 23.5 Å². The van der Waals surface area contributed by atoms with Gasteiger partial charge in [0.1, 0.15) is 36.9 Å². The molecule has 0 N–H and O–H groups in total. The molecule has 162 valence electrons. The summed E-state index contributed by atoms with van der Waals surface area (Å²) < 4.78 is 34.5. The van der Waals surface area contributed by atoms with Crippen molar-refractivity contribution in [1.29, 1.82) is 0 Å². The molecule has 0 amide bonds. The van der Waals surface area contributed by atoms with E-state index in [0.29, 0.717) is 26.1 Å². The van der Waals surface area contributed by atoms with Crippen molar-refractivity contribution in [2.24, 2.45) is 0 Å². The van der Waals surface area contributed by atoms with Gasteiger partial charge in [0.2, 0.25) is 0 Å². The molecule has 0 aromatic heterocycles. The van der Waals surface area contributed by atoms with E-state index in [0.717, 1.165) is 47.0 Å². The maximum Gasteiger partial charge on any atom is 0.168 e. The van der Waals surface area contributed by atoms with E-state index in [9.17, 15) is 4.57 Å². The van der Waals surface area contributed by atoms with E-state index in [1.807, 2.05) is 36.4 Å². The predicted molar refractivity (Wildman–Crippen MR) is 121 cm³/mol. The molecule has 2 aromatic carbocycles. The van der Waals surface area contributed by atoms with Crippen LogP contribution in [0, 0.1) is 0 Å². The highest BCUT2D eigenvalue weighted by Crippen LogP contribution is 2.38. The van der Waals surface area contributed by atoms with Gasteiger partial charge in [0, 0.05) is 0 Å². The van der Waals surface area contributed by atoms with Gasteiger partial charge in [0.25, 0.3) is 0 Å². The minimum absolute atomic E-state index is 0.0297. The van der Waals surface area contributed by atoms with Crippen LogP contribution < -0.4 is 9.47 Å². The lowest BCUT2D eigenvalue weighted by Crippen LogP contribution is -2.07. The van der Waals surface area contributed by atoms with Crippen LogP contribution in [0.5, 0.6) is 11.5 Å². The number of allylic oxidation sites excluding steroid dienone is 2. The average molecular weight is 438 g/mol. The van der Waals surface area contributed by atoms with Crippen LogP contribution in [0.1, 0.15) is 27.9 Å². The van der Waals surface area contributed by atoms with Crippen molar-refractivity contribution >= 4 is 8.46 Å². The molecule has 0 bridgehead atoms. The van der Waals surface area contributed by atoms with Crippen LogP contribution in [0.15, 0.2) is 61.7 Å². The van der Waals surface area contributed by atoms with Crippen molar-refractivity contribution in [2.75, 3.05) is 26.4 Å². The van der Waals surface area contributed by atoms with Crippen LogP contribution in [0.2, 0.25) is 0 Å². The second-order valence-electron chi connectivity index (χ2n) is 7.76. The van der Waals surface area contributed by atoms with Crippen molar-refractivity contribution in [3.63, 3.8) is 0 Å². The molecule has 2 fully saturated rings. The van der Waals surface area contributed by atoms with Gasteiger partial charge in [-0.25, -0.2) is 0 Å². The maximum atomic E-state index is 12.2. The third-order valence-corrected chi connectivity index (χ3v) is 6.10. The number of hydrogen-bond donors (Lipinski definition) is 0. The van der Waals surface area contributed by atoms with Crippen LogP contribution in [-0.2, 0) is 26.9 Å². The lowest BCUT2D eigenvalue weighted by atomic mass is 9.98. The van der Waals surface area contributed by atoms with E-state index in [1.54, 1.807) is 0 Å². The molecular weight excluding hydrogens is 411 g/mol. The summed E-state index contributed by atoms with van der Waals surface area (Å²) in [5.74, 6) is 1.64. The number of benzene rings is 2. The molecule has 2 aliphatic heterocycles. The Balaban J connectivity index is 1.58. The highest BCUT2D eigenvalue weighted by molar-refractivity contribution is 7.24. The maximum absolute atomic E-state index is 12.2. The molecule has 2 heterocycles. The highest BCUT2D eigenvalue weighted by atomic mass is 31.1. The molecule has 0 spiro atoms. The summed E-state index contributed by atoms with van der Waals surface area (Å²) in [6.07, 6.45) is 5.44. The molecule has 31 heavy (non-hydrogen) atoms. The summed E-state index contributed by atoms with van der Waals surface area (Å²) in [4.78, 5) is 0. The van der Waals surface area contributed by atoms with Crippen molar-refractivity contribution in [3.8, 4) is 11.5 Å². The summed E-state index contributed by atoms with van der Waals surface area (Å²) in [6.45, 7) is 10.3. The summed E-state index contributed by atoms with van der Waals surface area (Å²) in [6, 6.07) is 12.0. The van der Waals surface area contributed by atoms with Gasteiger partial charge in [-0.1, -0.05) is 36.4 Å². The van der Waals surface area contributed by atoms with E-state index in [2.05, 4.69) is 25.3 Å². The third-order valence-electron chi connectivity index (χ3n) is 5.29. The molecule has 6 heteroatoms. The van der Waals surface area contributed by atoms with Crippen molar-refractivity contribution in [1.82, 2.24) is 0 Å². The lowest BCUT2D eigenvalue weighted by Gasteiger charge is -2.17. The summed E-state index contributed by atoms with van der Waals surface area (Å²) in [5.41, 5.74) is 3.70. The zero-order valence-corrected chi connectivity index (χ0v) is 18.4. The lowest BCUT2D eigenvalue weighted by molar-refractivity contribution is 0.261. The molecule has 0 aliphatic carbocycles. The molecule has 0 radical (unpaired) electrons. The van der Waals surface area contributed by atoms with E-state index in [1.165, 1.54) is 0 Å². The Bertz CT molecular complexity index is 875. The molecular formula is C25H27O5P. The fraction of sp³-hybridized carbons (Fsp3) is 0.360. The number of ether oxygens (including phenoxy) is 4. The van der Waals surface area contributed by atoms with Gasteiger partial charge in [-0.05, 0) is 47.2 Å².